The summed E-state index contributed by atoms with van der Waals surface area (Å²) in [5, 5.41) is 8.25. The minimum atomic E-state index is -3.34. The molecule has 0 aliphatic carbocycles. The SMILES string of the molecule is CS(=O)(=O)c1cccc(Cn2ccc(OCc3ccc(F)cc3F)c(Cl)c2=N)c1. The van der Waals surface area contributed by atoms with Gasteiger partial charge in [0.25, 0.3) is 0 Å². The van der Waals surface area contributed by atoms with Gasteiger partial charge in [-0.05, 0) is 35.9 Å². The van der Waals surface area contributed by atoms with Crippen LogP contribution >= 0.6 is 11.6 Å². The van der Waals surface area contributed by atoms with Gasteiger partial charge in [-0.3, -0.25) is 5.41 Å². The standard InChI is InChI=1S/C20H17ClF2N2O3S/c1-29(26,27)16-4-2-3-13(9-16)11-25-8-7-18(19(21)20(25)24)28-12-14-5-6-15(22)10-17(14)23/h2-10,24H,11-12H2,1H3. The zero-order valence-electron chi connectivity index (χ0n) is 15.3. The van der Waals surface area contributed by atoms with Crippen molar-refractivity contribution in [2.75, 3.05) is 6.26 Å². The maximum atomic E-state index is 13.7. The molecule has 0 spiro atoms. The maximum Gasteiger partial charge on any atom is 0.175 e. The van der Waals surface area contributed by atoms with Crippen molar-refractivity contribution >= 4 is 21.4 Å². The molecule has 3 aromatic rings. The first-order chi connectivity index (χ1) is 13.6. The van der Waals surface area contributed by atoms with Gasteiger partial charge < -0.3 is 9.30 Å². The highest BCUT2D eigenvalue weighted by molar-refractivity contribution is 7.90. The van der Waals surface area contributed by atoms with Gasteiger partial charge in [0.2, 0.25) is 0 Å². The molecule has 1 aromatic heterocycles. The summed E-state index contributed by atoms with van der Waals surface area (Å²) in [5.74, 6) is -1.23. The van der Waals surface area contributed by atoms with Crippen molar-refractivity contribution in [3.05, 3.63) is 88.0 Å². The number of benzene rings is 2. The van der Waals surface area contributed by atoms with E-state index in [4.69, 9.17) is 21.7 Å². The van der Waals surface area contributed by atoms with Gasteiger partial charge in [0.05, 0.1) is 4.90 Å². The van der Waals surface area contributed by atoms with Gasteiger partial charge >= 0.3 is 0 Å². The lowest BCUT2D eigenvalue weighted by atomic mass is 10.2. The molecule has 0 aliphatic rings. The topological polar surface area (TPSA) is 72.2 Å². The Bertz CT molecular complexity index is 1230. The number of nitrogens with one attached hydrogen (secondary N) is 1. The van der Waals surface area contributed by atoms with Crippen LogP contribution in [0, 0.1) is 17.0 Å². The third-order valence-electron chi connectivity index (χ3n) is 4.20. The van der Waals surface area contributed by atoms with Gasteiger partial charge in [0.1, 0.15) is 34.5 Å². The highest BCUT2D eigenvalue weighted by Gasteiger charge is 2.11. The quantitative estimate of drug-likeness (QED) is 0.633. The summed E-state index contributed by atoms with van der Waals surface area (Å²) in [4.78, 5) is 0.189. The zero-order chi connectivity index (χ0) is 21.2. The minimum Gasteiger partial charge on any atom is -0.487 e. The number of rotatable bonds is 6. The maximum absolute atomic E-state index is 13.7. The zero-order valence-corrected chi connectivity index (χ0v) is 16.9. The molecule has 0 radical (unpaired) electrons. The molecular weight excluding hydrogens is 422 g/mol. The summed E-state index contributed by atoms with van der Waals surface area (Å²) >= 11 is 6.22. The molecule has 0 fully saturated rings. The number of halogens is 3. The van der Waals surface area contributed by atoms with Crippen LogP contribution in [0.1, 0.15) is 11.1 Å². The number of aromatic nitrogens is 1. The predicted molar refractivity (Wildman–Crippen MR) is 105 cm³/mol. The Morgan fingerprint density at radius 1 is 1.14 bits per heavy atom. The lowest BCUT2D eigenvalue weighted by Gasteiger charge is -2.13. The van der Waals surface area contributed by atoms with Gasteiger partial charge in [0.15, 0.2) is 9.84 Å². The number of nitrogens with zero attached hydrogens (tertiary/aromatic N) is 1. The third-order valence-corrected chi connectivity index (χ3v) is 5.67. The molecular formula is C20H17ClF2N2O3S. The fourth-order valence-electron chi connectivity index (χ4n) is 2.66. The number of sulfone groups is 1. The van der Waals surface area contributed by atoms with Crippen molar-refractivity contribution in [1.29, 1.82) is 5.41 Å². The molecule has 0 atom stereocenters. The van der Waals surface area contributed by atoms with E-state index in [1.165, 1.54) is 28.8 Å². The first-order valence-corrected chi connectivity index (χ1v) is 10.7. The second-order valence-corrected chi connectivity index (χ2v) is 8.81. The average molecular weight is 439 g/mol. The highest BCUT2D eigenvalue weighted by atomic mass is 35.5. The molecule has 0 saturated carbocycles. The smallest absolute Gasteiger partial charge is 0.175 e. The van der Waals surface area contributed by atoms with Crippen molar-refractivity contribution in [3.8, 4) is 5.75 Å². The lowest BCUT2D eigenvalue weighted by molar-refractivity contribution is 0.298. The van der Waals surface area contributed by atoms with E-state index in [0.717, 1.165) is 18.4 Å². The van der Waals surface area contributed by atoms with Crippen molar-refractivity contribution in [2.45, 2.75) is 18.0 Å². The molecule has 0 amide bonds. The first-order valence-electron chi connectivity index (χ1n) is 8.44. The molecule has 0 bridgehead atoms. The molecule has 0 saturated heterocycles. The number of pyridine rings is 1. The van der Waals surface area contributed by atoms with E-state index in [9.17, 15) is 17.2 Å². The normalized spacial score (nSPS) is 11.4. The second-order valence-electron chi connectivity index (χ2n) is 6.41. The van der Waals surface area contributed by atoms with Crippen LogP contribution < -0.4 is 10.2 Å². The molecule has 0 aliphatic heterocycles. The Morgan fingerprint density at radius 2 is 1.90 bits per heavy atom. The van der Waals surface area contributed by atoms with E-state index < -0.39 is 21.5 Å². The van der Waals surface area contributed by atoms with Crippen molar-refractivity contribution in [3.63, 3.8) is 0 Å². The number of hydrogen-bond acceptors (Lipinski definition) is 4. The molecule has 0 unspecified atom stereocenters. The largest absolute Gasteiger partial charge is 0.487 e. The summed E-state index contributed by atoms with van der Waals surface area (Å²) in [6.07, 6.45) is 2.69. The molecule has 3 rings (SSSR count). The summed E-state index contributed by atoms with van der Waals surface area (Å²) in [5.41, 5.74) is 0.793. The summed E-state index contributed by atoms with van der Waals surface area (Å²) in [7, 11) is -3.34. The molecule has 2 aromatic carbocycles. The van der Waals surface area contributed by atoms with Gasteiger partial charge in [-0.15, -0.1) is 0 Å². The number of ether oxygens (including phenoxy) is 1. The third kappa shape index (κ3) is 5.02. The lowest BCUT2D eigenvalue weighted by Crippen LogP contribution is -2.21. The van der Waals surface area contributed by atoms with E-state index in [1.807, 2.05) is 0 Å². The van der Waals surface area contributed by atoms with Crippen LogP contribution in [0.2, 0.25) is 5.02 Å². The van der Waals surface area contributed by atoms with Crippen molar-refractivity contribution in [1.82, 2.24) is 4.57 Å². The fourth-order valence-corrected chi connectivity index (χ4v) is 3.57. The van der Waals surface area contributed by atoms with E-state index in [-0.39, 0.29) is 39.9 Å². The molecule has 1 heterocycles. The van der Waals surface area contributed by atoms with Crippen LogP contribution in [-0.2, 0) is 23.0 Å². The monoisotopic (exact) mass is 438 g/mol. The van der Waals surface area contributed by atoms with Crippen LogP contribution in [0.15, 0.2) is 59.6 Å². The Kier molecular flexibility index (Phi) is 6.04. The van der Waals surface area contributed by atoms with Crippen molar-refractivity contribution in [2.24, 2.45) is 0 Å². The van der Waals surface area contributed by atoms with Gasteiger partial charge in [-0.25, -0.2) is 17.2 Å². The van der Waals surface area contributed by atoms with Gasteiger partial charge in [-0.2, -0.15) is 0 Å². The minimum absolute atomic E-state index is 0.0225. The molecule has 5 nitrogen and oxygen atoms in total. The van der Waals surface area contributed by atoms with Gasteiger partial charge in [-0.1, -0.05) is 23.7 Å². The second kappa shape index (κ2) is 8.34. The predicted octanol–water partition coefficient (Wildman–Crippen LogP) is 3.93. The van der Waals surface area contributed by atoms with E-state index in [0.29, 0.717) is 5.56 Å². The highest BCUT2D eigenvalue weighted by Crippen LogP contribution is 2.22. The summed E-state index contributed by atoms with van der Waals surface area (Å²) in [6.45, 7) is 0.0560. The van der Waals surface area contributed by atoms with Gasteiger partial charge in [0, 0.05) is 30.6 Å². The van der Waals surface area contributed by atoms with Crippen LogP contribution in [0.25, 0.3) is 0 Å². The van der Waals surface area contributed by atoms with Crippen LogP contribution in [0.5, 0.6) is 5.75 Å². The first kappa shape index (κ1) is 21.0. The Balaban J connectivity index is 1.80. The number of hydrogen-bond donors (Lipinski definition) is 1. The summed E-state index contributed by atoms with van der Waals surface area (Å²) in [6, 6.07) is 11.1. The average Bonchev–Trinajstić information content (AvgIpc) is 2.66. The molecule has 152 valence electrons. The molecule has 1 N–H and O–H groups in total. The van der Waals surface area contributed by atoms with Crippen LogP contribution in [-0.4, -0.2) is 19.2 Å². The molecule has 29 heavy (non-hydrogen) atoms. The Morgan fingerprint density at radius 3 is 2.59 bits per heavy atom. The van der Waals surface area contributed by atoms with Crippen molar-refractivity contribution < 1.29 is 21.9 Å². The fraction of sp³-hybridized carbons (Fsp3) is 0.150. The Labute approximate surface area is 171 Å². The van der Waals surface area contributed by atoms with Crippen LogP contribution in [0.3, 0.4) is 0 Å². The van der Waals surface area contributed by atoms with E-state index >= 15 is 0 Å². The van der Waals surface area contributed by atoms with E-state index in [2.05, 4.69) is 0 Å². The van der Waals surface area contributed by atoms with Crippen LogP contribution in [0.4, 0.5) is 8.78 Å². The molecule has 9 heteroatoms. The summed E-state index contributed by atoms with van der Waals surface area (Å²) < 4.78 is 57.1. The Hall–Kier alpha value is -2.71. The van der Waals surface area contributed by atoms with E-state index in [1.54, 1.807) is 18.3 Å².